The molecule has 2 heterocycles. The third-order valence-corrected chi connectivity index (χ3v) is 6.42. The van der Waals surface area contributed by atoms with Gasteiger partial charge in [0.2, 0.25) is 0 Å². The van der Waals surface area contributed by atoms with Crippen LogP contribution in [-0.4, -0.2) is 35.1 Å². The maximum Gasteiger partial charge on any atom is 0.159 e. The molecule has 4 aromatic rings. The molecule has 1 aliphatic rings. The number of halogens is 3. The van der Waals surface area contributed by atoms with Crippen molar-refractivity contribution in [3.8, 4) is 11.1 Å². The van der Waals surface area contributed by atoms with E-state index >= 15 is 4.39 Å². The number of aliphatic imine (C=N–C) groups is 2. The second-order valence-electron chi connectivity index (χ2n) is 8.37. The first kappa shape index (κ1) is 23.1. The van der Waals surface area contributed by atoms with Crippen molar-refractivity contribution >= 4 is 34.3 Å². The van der Waals surface area contributed by atoms with Crippen LogP contribution in [0.4, 0.5) is 14.6 Å². The molecule has 0 amide bonds. The van der Waals surface area contributed by atoms with Crippen molar-refractivity contribution in [3.05, 3.63) is 89.2 Å². The molecule has 0 aliphatic carbocycles. The van der Waals surface area contributed by atoms with Crippen LogP contribution < -0.4 is 4.90 Å². The molecule has 0 radical (unpaired) electrons. The van der Waals surface area contributed by atoms with Crippen LogP contribution in [0.2, 0.25) is 5.02 Å². The Morgan fingerprint density at radius 3 is 2.51 bits per heavy atom. The van der Waals surface area contributed by atoms with Gasteiger partial charge in [0.25, 0.3) is 0 Å². The van der Waals surface area contributed by atoms with Crippen LogP contribution in [0.25, 0.3) is 22.0 Å². The Morgan fingerprint density at radius 2 is 1.74 bits per heavy atom. The van der Waals surface area contributed by atoms with Crippen molar-refractivity contribution < 1.29 is 8.78 Å². The number of anilines is 1. The van der Waals surface area contributed by atoms with Crippen molar-refractivity contribution in [2.24, 2.45) is 9.98 Å². The summed E-state index contributed by atoms with van der Waals surface area (Å²) in [6.07, 6.45) is 2.92. The van der Waals surface area contributed by atoms with Gasteiger partial charge in [0, 0.05) is 29.6 Å². The smallest absolute Gasteiger partial charge is 0.159 e. The van der Waals surface area contributed by atoms with E-state index in [0.29, 0.717) is 30.8 Å². The number of rotatable bonds is 5. The Bertz CT molecular complexity index is 1410. The first-order valence-corrected chi connectivity index (χ1v) is 11.8. The molecule has 0 bridgehead atoms. The molecular weight excluding hydrogens is 468 g/mol. The lowest BCUT2D eigenvalue weighted by atomic mass is 10.0. The summed E-state index contributed by atoms with van der Waals surface area (Å²) >= 11 is 6.45. The number of aromatic nitrogens is 2. The fourth-order valence-electron chi connectivity index (χ4n) is 4.32. The van der Waals surface area contributed by atoms with Crippen LogP contribution in [0.5, 0.6) is 0 Å². The molecule has 0 atom stereocenters. The lowest BCUT2D eigenvalue weighted by Crippen LogP contribution is -2.36. The summed E-state index contributed by atoms with van der Waals surface area (Å²) in [6.45, 7) is 1.93. The van der Waals surface area contributed by atoms with E-state index in [2.05, 4.69) is 30.9 Å². The lowest BCUT2D eigenvalue weighted by molar-refractivity contribution is 0.502. The molecule has 176 valence electrons. The van der Waals surface area contributed by atoms with E-state index in [1.807, 2.05) is 30.3 Å². The van der Waals surface area contributed by atoms with Gasteiger partial charge in [-0.2, -0.15) is 0 Å². The molecule has 35 heavy (non-hydrogen) atoms. The zero-order valence-electron chi connectivity index (χ0n) is 18.8. The zero-order valence-corrected chi connectivity index (χ0v) is 19.6. The molecule has 8 heteroatoms. The van der Waals surface area contributed by atoms with Crippen LogP contribution >= 0.6 is 11.6 Å². The predicted molar refractivity (Wildman–Crippen MR) is 135 cm³/mol. The zero-order chi connectivity index (χ0) is 24.2. The van der Waals surface area contributed by atoms with E-state index in [0.717, 1.165) is 18.4 Å². The van der Waals surface area contributed by atoms with Gasteiger partial charge in [-0.3, -0.25) is 0 Å². The number of benzene rings is 3. The maximum atomic E-state index is 15.5. The highest BCUT2D eigenvalue weighted by atomic mass is 35.5. The van der Waals surface area contributed by atoms with Crippen LogP contribution in [0.3, 0.4) is 0 Å². The van der Waals surface area contributed by atoms with E-state index in [9.17, 15) is 4.39 Å². The number of hydrogen-bond acceptors (Lipinski definition) is 5. The van der Waals surface area contributed by atoms with Gasteiger partial charge in [0.1, 0.15) is 23.5 Å². The van der Waals surface area contributed by atoms with Crippen LogP contribution in [-0.2, 0) is 6.54 Å². The van der Waals surface area contributed by atoms with Crippen molar-refractivity contribution in [3.63, 3.8) is 0 Å². The molecule has 0 unspecified atom stereocenters. The Hall–Kier alpha value is -3.67. The molecule has 3 aromatic carbocycles. The molecule has 5 rings (SSSR count). The summed E-state index contributed by atoms with van der Waals surface area (Å²) in [7, 11) is 0. The van der Waals surface area contributed by atoms with Gasteiger partial charge < -0.3 is 4.90 Å². The van der Waals surface area contributed by atoms with Crippen LogP contribution in [0, 0.1) is 11.6 Å². The summed E-state index contributed by atoms with van der Waals surface area (Å²) in [4.78, 5) is 19.4. The minimum absolute atomic E-state index is 0.00440. The van der Waals surface area contributed by atoms with Crippen molar-refractivity contribution in [1.82, 2.24) is 9.97 Å². The highest BCUT2D eigenvalue weighted by molar-refractivity contribution is 6.34. The summed E-state index contributed by atoms with van der Waals surface area (Å²) in [5.41, 5.74) is 1.34. The Kier molecular flexibility index (Phi) is 6.80. The minimum Gasteiger partial charge on any atom is -0.356 e. The fourth-order valence-corrected chi connectivity index (χ4v) is 4.61. The summed E-state index contributed by atoms with van der Waals surface area (Å²) in [5.74, 6) is -0.594. The Balaban J connectivity index is 1.35. The third kappa shape index (κ3) is 4.92. The summed E-state index contributed by atoms with van der Waals surface area (Å²) in [5, 5.41) is 0.617. The maximum absolute atomic E-state index is 15.5. The molecule has 0 saturated carbocycles. The lowest BCUT2D eigenvalue weighted by Gasteiger charge is -2.31. The van der Waals surface area contributed by atoms with Gasteiger partial charge in [0.15, 0.2) is 5.82 Å². The first-order valence-electron chi connectivity index (χ1n) is 11.4. The minimum atomic E-state index is -0.657. The SMILES string of the molecule is Fc1ccccc1-c1c(Cl)cc2c(N3CCC(N=C=NCc4ccccc4)CC3)ncnc2c1F. The number of piperidine rings is 1. The Morgan fingerprint density at radius 1 is 1.00 bits per heavy atom. The Labute approximate surface area is 206 Å². The molecule has 1 aromatic heterocycles. The van der Waals surface area contributed by atoms with Gasteiger partial charge >= 0.3 is 0 Å². The van der Waals surface area contributed by atoms with E-state index < -0.39 is 11.6 Å². The standard InChI is InChI=1S/C27H22ClF2N5/c28-22-14-21-26(25(30)24(22)20-8-4-5-9-23(20)29)33-17-34-27(21)35-12-10-19(11-13-35)32-16-31-15-18-6-2-1-3-7-18/h1-9,14,17,19H,10-13,15H2. The molecular formula is C27H22ClF2N5. The second kappa shape index (κ2) is 10.3. The highest BCUT2D eigenvalue weighted by Crippen LogP contribution is 2.38. The third-order valence-electron chi connectivity index (χ3n) is 6.12. The van der Waals surface area contributed by atoms with Crippen LogP contribution in [0.1, 0.15) is 18.4 Å². The van der Waals surface area contributed by atoms with Crippen LogP contribution in [0.15, 0.2) is 77.0 Å². The topological polar surface area (TPSA) is 53.7 Å². The first-order chi connectivity index (χ1) is 17.1. The summed E-state index contributed by atoms with van der Waals surface area (Å²) in [6, 6.07) is 20.5. The fraction of sp³-hybridized carbons (Fsp3) is 0.222. The van der Waals surface area contributed by atoms with Crippen molar-refractivity contribution in [2.75, 3.05) is 18.0 Å². The van der Waals surface area contributed by atoms with Crippen molar-refractivity contribution in [1.29, 1.82) is 0 Å². The largest absolute Gasteiger partial charge is 0.356 e. The monoisotopic (exact) mass is 489 g/mol. The normalized spacial score (nSPS) is 14.1. The predicted octanol–water partition coefficient (Wildman–Crippen LogP) is 6.57. The molecule has 1 saturated heterocycles. The molecule has 1 aliphatic heterocycles. The van der Waals surface area contributed by atoms with Gasteiger partial charge in [0.05, 0.1) is 23.6 Å². The number of nitrogens with zero attached hydrogens (tertiary/aromatic N) is 5. The molecule has 5 nitrogen and oxygen atoms in total. The number of hydrogen-bond donors (Lipinski definition) is 0. The van der Waals surface area contributed by atoms with E-state index in [-0.39, 0.29) is 27.7 Å². The molecule has 0 spiro atoms. The van der Waals surface area contributed by atoms with E-state index in [4.69, 9.17) is 11.6 Å². The van der Waals surface area contributed by atoms with Gasteiger partial charge in [-0.15, -0.1) is 0 Å². The van der Waals surface area contributed by atoms with Gasteiger partial charge in [-0.05, 0) is 30.5 Å². The average molecular weight is 490 g/mol. The van der Waals surface area contributed by atoms with E-state index in [1.54, 1.807) is 18.2 Å². The van der Waals surface area contributed by atoms with E-state index in [1.165, 1.54) is 18.5 Å². The highest BCUT2D eigenvalue weighted by Gasteiger charge is 2.24. The number of fused-ring (bicyclic) bond motifs is 1. The van der Waals surface area contributed by atoms with Gasteiger partial charge in [-0.25, -0.2) is 28.7 Å². The molecule has 1 fully saturated rings. The molecule has 0 N–H and O–H groups in total. The second-order valence-corrected chi connectivity index (χ2v) is 8.78. The van der Waals surface area contributed by atoms with Crippen molar-refractivity contribution in [2.45, 2.75) is 25.4 Å². The van der Waals surface area contributed by atoms with Gasteiger partial charge in [-0.1, -0.05) is 60.1 Å². The average Bonchev–Trinajstić information content (AvgIpc) is 2.88. The summed E-state index contributed by atoms with van der Waals surface area (Å²) < 4.78 is 29.9. The quantitative estimate of drug-likeness (QED) is 0.298.